The fourth-order valence-corrected chi connectivity index (χ4v) is 1.41. The zero-order valence-corrected chi connectivity index (χ0v) is 12.5. The molecule has 0 fully saturated rings. The maximum atomic E-state index is 4.14. The van der Waals surface area contributed by atoms with Crippen molar-refractivity contribution in [3.8, 4) is 0 Å². The molecule has 0 aliphatic rings. The Balaban J connectivity index is 1.77. The van der Waals surface area contributed by atoms with Crippen LogP contribution < -0.4 is 10.9 Å². The summed E-state index contributed by atoms with van der Waals surface area (Å²) in [6.45, 7) is 3.84. The molecule has 0 radical (unpaired) electrons. The molecule has 2 rings (SSSR count). The van der Waals surface area contributed by atoms with E-state index in [1.165, 1.54) is 0 Å². The van der Waals surface area contributed by atoms with Crippen molar-refractivity contribution in [2.24, 2.45) is 20.7 Å². The number of pyridine rings is 2. The predicted octanol–water partition coefficient (Wildman–Crippen LogP) is 3.51. The maximum absolute atomic E-state index is 4.14. The first kappa shape index (κ1) is 15.5. The van der Waals surface area contributed by atoms with Gasteiger partial charge < -0.3 is 0 Å². The number of hydrogen-bond donors (Lipinski definition) is 2. The summed E-state index contributed by atoms with van der Waals surface area (Å²) >= 11 is 0. The lowest BCUT2D eigenvalue weighted by Gasteiger charge is -2.08. The quantitative estimate of drug-likeness (QED) is 0.603. The Kier molecular flexibility index (Phi) is 5.91. The van der Waals surface area contributed by atoms with Crippen LogP contribution in [0.3, 0.4) is 0 Å². The molecule has 2 unspecified atom stereocenters. The summed E-state index contributed by atoms with van der Waals surface area (Å²) in [6.07, 6.45) is 6.74. The molecule has 0 aromatic carbocycles. The van der Waals surface area contributed by atoms with Crippen molar-refractivity contribution in [3.05, 3.63) is 49.1 Å². The monoisotopic (exact) mass is 298 g/mol. The van der Waals surface area contributed by atoms with Crippen molar-refractivity contribution >= 4 is 11.4 Å². The van der Waals surface area contributed by atoms with Gasteiger partial charge in [-0.3, -0.25) is 20.8 Å². The predicted molar refractivity (Wildman–Crippen MR) is 84.4 cm³/mol. The van der Waals surface area contributed by atoms with Gasteiger partial charge in [0.25, 0.3) is 0 Å². The van der Waals surface area contributed by atoms with Crippen LogP contribution in [0.5, 0.6) is 0 Å². The highest BCUT2D eigenvalue weighted by atomic mass is 15.4. The minimum Gasteiger partial charge on any atom is -0.263 e. The highest BCUT2D eigenvalue weighted by Gasteiger charge is 2.09. The third-order valence-corrected chi connectivity index (χ3v) is 2.86. The number of hydrogen-bond acceptors (Lipinski definition) is 6. The van der Waals surface area contributed by atoms with Crippen LogP contribution in [0.2, 0.25) is 0 Å². The van der Waals surface area contributed by atoms with Crippen LogP contribution in [-0.2, 0) is 0 Å². The average molecular weight is 298 g/mol. The molecule has 114 valence electrons. The van der Waals surface area contributed by atoms with Crippen LogP contribution in [-0.4, -0.2) is 22.1 Å². The number of aromatic nitrogens is 2. The molecule has 0 aliphatic carbocycles. The van der Waals surface area contributed by atoms with Crippen LogP contribution in [0.1, 0.15) is 13.8 Å². The van der Waals surface area contributed by atoms with E-state index >= 15 is 0 Å². The minimum atomic E-state index is -0.108. The van der Waals surface area contributed by atoms with Crippen molar-refractivity contribution in [1.29, 1.82) is 0 Å². The molecule has 0 spiro atoms. The third kappa shape index (κ3) is 5.23. The summed E-state index contributed by atoms with van der Waals surface area (Å²) < 4.78 is 0. The first-order valence-electron chi connectivity index (χ1n) is 6.87. The molecule has 0 amide bonds. The fraction of sp³-hybridized carbons (Fsp3) is 0.286. The number of nitrogens with zero attached hydrogens (tertiary/aromatic N) is 6. The molecule has 0 saturated carbocycles. The zero-order valence-electron chi connectivity index (χ0n) is 12.5. The topological polar surface area (TPSA) is 99.3 Å². The summed E-state index contributed by atoms with van der Waals surface area (Å²) in [4.78, 5) is 7.95. The van der Waals surface area contributed by atoms with Crippen molar-refractivity contribution in [1.82, 2.24) is 9.97 Å². The molecule has 8 nitrogen and oxygen atoms in total. The number of nitrogens with one attached hydrogen (secondary N) is 2. The first-order chi connectivity index (χ1) is 10.8. The standard InChI is InChI=1S/C14H18N8/c1-11(17-21-19-13-5-3-7-15-9-13)12(2)18-22-20-14-6-4-8-16-10-14/h3-12H,1-2H3,(H,17,19)(H,18,20). The zero-order chi connectivity index (χ0) is 15.6. The number of anilines is 2. The van der Waals surface area contributed by atoms with E-state index in [-0.39, 0.29) is 12.1 Å². The van der Waals surface area contributed by atoms with Gasteiger partial charge in [-0.05, 0) is 38.1 Å². The van der Waals surface area contributed by atoms with E-state index in [2.05, 4.69) is 41.5 Å². The second kappa shape index (κ2) is 8.40. The lowest BCUT2D eigenvalue weighted by atomic mass is 10.2. The molecule has 0 aliphatic heterocycles. The lowest BCUT2D eigenvalue weighted by molar-refractivity contribution is 0.558. The molecule has 2 N–H and O–H groups in total. The summed E-state index contributed by atoms with van der Waals surface area (Å²) in [5, 5.41) is 16.1. The molecule has 2 atom stereocenters. The summed E-state index contributed by atoms with van der Waals surface area (Å²) in [5.74, 6) is 0. The second-order valence-electron chi connectivity index (χ2n) is 4.62. The van der Waals surface area contributed by atoms with Crippen molar-refractivity contribution in [3.63, 3.8) is 0 Å². The second-order valence-corrected chi connectivity index (χ2v) is 4.62. The molecule has 8 heteroatoms. The lowest BCUT2D eigenvalue weighted by Crippen LogP contribution is -2.15. The van der Waals surface area contributed by atoms with Crippen LogP contribution in [0.15, 0.2) is 69.7 Å². The van der Waals surface area contributed by atoms with Gasteiger partial charge in [-0.1, -0.05) is 10.4 Å². The van der Waals surface area contributed by atoms with Crippen LogP contribution in [0.25, 0.3) is 0 Å². The van der Waals surface area contributed by atoms with E-state index in [0.29, 0.717) is 0 Å². The van der Waals surface area contributed by atoms with Crippen LogP contribution in [0, 0.1) is 0 Å². The van der Waals surface area contributed by atoms with Gasteiger partial charge in [-0.15, -0.1) is 0 Å². The molecule has 22 heavy (non-hydrogen) atoms. The first-order valence-corrected chi connectivity index (χ1v) is 6.87. The Hall–Kier alpha value is -2.90. The van der Waals surface area contributed by atoms with E-state index in [1.807, 2.05) is 38.1 Å². The molecule has 0 bridgehead atoms. The molecule has 2 aromatic heterocycles. The molecular weight excluding hydrogens is 280 g/mol. The number of rotatable bonds is 7. The van der Waals surface area contributed by atoms with Gasteiger partial charge in [0.1, 0.15) is 0 Å². The Morgan fingerprint density at radius 2 is 1.27 bits per heavy atom. The van der Waals surface area contributed by atoms with Gasteiger partial charge in [-0.25, -0.2) is 0 Å². The normalized spacial score (nSPS) is 14.1. The van der Waals surface area contributed by atoms with Crippen molar-refractivity contribution < 1.29 is 0 Å². The molecule has 2 aromatic rings. The maximum Gasteiger partial charge on any atom is 0.0940 e. The van der Waals surface area contributed by atoms with Gasteiger partial charge in [0, 0.05) is 12.4 Å². The van der Waals surface area contributed by atoms with Crippen LogP contribution in [0.4, 0.5) is 11.4 Å². The Bertz CT molecular complexity index is 543. The molecule has 2 heterocycles. The van der Waals surface area contributed by atoms with Crippen molar-refractivity contribution in [2.45, 2.75) is 25.9 Å². The van der Waals surface area contributed by atoms with Gasteiger partial charge in [0.15, 0.2) is 0 Å². The van der Waals surface area contributed by atoms with E-state index in [1.54, 1.807) is 24.8 Å². The summed E-state index contributed by atoms with van der Waals surface area (Å²) in [6, 6.07) is 7.15. The largest absolute Gasteiger partial charge is 0.263 e. The van der Waals surface area contributed by atoms with Crippen molar-refractivity contribution in [2.75, 3.05) is 10.9 Å². The molecule has 0 saturated heterocycles. The minimum absolute atomic E-state index is 0.108. The highest BCUT2D eigenvalue weighted by Crippen LogP contribution is 2.08. The highest BCUT2D eigenvalue weighted by molar-refractivity contribution is 5.38. The third-order valence-electron chi connectivity index (χ3n) is 2.86. The van der Waals surface area contributed by atoms with Gasteiger partial charge in [-0.2, -0.15) is 10.2 Å². The average Bonchev–Trinajstić information content (AvgIpc) is 2.56. The van der Waals surface area contributed by atoms with Gasteiger partial charge >= 0.3 is 0 Å². The van der Waals surface area contributed by atoms with E-state index in [4.69, 9.17) is 0 Å². The van der Waals surface area contributed by atoms with Crippen LogP contribution >= 0.6 is 0 Å². The van der Waals surface area contributed by atoms with E-state index < -0.39 is 0 Å². The summed E-state index contributed by atoms with van der Waals surface area (Å²) in [7, 11) is 0. The Morgan fingerprint density at radius 3 is 1.64 bits per heavy atom. The van der Waals surface area contributed by atoms with E-state index in [0.717, 1.165) is 11.4 Å². The van der Waals surface area contributed by atoms with E-state index in [9.17, 15) is 0 Å². The molecular formula is C14H18N8. The van der Waals surface area contributed by atoms with Gasteiger partial charge in [0.2, 0.25) is 0 Å². The Labute approximate surface area is 128 Å². The SMILES string of the molecule is CC(N=NNc1cccnc1)C(C)N=NNc1cccnc1. The smallest absolute Gasteiger partial charge is 0.0940 e. The summed E-state index contributed by atoms with van der Waals surface area (Å²) in [5.41, 5.74) is 7.19. The Morgan fingerprint density at radius 1 is 0.818 bits per heavy atom. The van der Waals surface area contributed by atoms with Gasteiger partial charge in [0.05, 0.1) is 35.9 Å². The fourth-order valence-electron chi connectivity index (χ4n) is 1.41.